The number of aromatic nitrogens is 2. The predicted octanol–water partition coefficient (Wildman–Crippen LogP) is 6.65. The second-order valence-corrected chi connectivity index (χ2v) is 12.7. The van der Waals surface area contributed by atoms with Gasteiger partial charge in [-0.1, -0.05) is 89.7 Å². The van der Waals surface area contributed by atoms with E-state index in [2.05, 4.69) is 22.9 Å². The molecular weight excluding hydrogens is 610 g/mol. The Morgan fingerprint density at radius 1 is 1.00 bits per heavy atom. The first kappa shape index (κ1) is 28.3. The summed E-state index contributed by atoms with van der Waals surface area (Å²) in [7, 11) is 0. The van der Waals surface area contributed by atoms with Gasteiger partial charge < -0.3 is 9.30 Å². The molecule has 7 rings (SSSR count). The summed E-state index contributed by atoms with van der Waals surface area (Å²) in [6.07, 6.45) is 4.01. The molecule has 0 spiro atoms. The van der Waals surface area contributed by atoms with Crippen molar-refractivity contribution >= 4 is 62.9 Å². The number of carbonyl (C=O) groups excluding carboxylic acids is 1. The molecule has 0 bridgehead atoms. The molecule has 1 atom stereocenters. The van der Waals surface area contributed by atoms with Gasteiger partial charge in [0.2, 0.25) is 0 Å². The Labute approximate surface area is 266 Å². The number of thiazole rings is 1. The summed E-state index contributed by atoms with van der Waals surface area (Å²) >= 11 is 8.94. The van der Waals surface area contributed by atoms with E-state index in [4.69, 9.17) is 21.3 Å². The minimum absolute atomic E-state index is 0.199. The van der Waals surface area contributed by atoms with Crippen molar-refractivity contribution in [1.82, 2.24) is 9.13 Å². The van der Waals surface area contributed by atoms with Gasteiger partial charge in [-0.15, -0.1) is 11.3 Å². The quantitative estimate of drug-likeness (QED) is 0.185. The molecule has 3 aromatic heterocycles. The number of para-hydroxylation sites is 1. The lowest BCUT2D eigenvalue weighted by molar-refractivity contribution is -0.138. The molecule has 1 aliphatic heterocycles. The van der Waals surface area contributed by atoms with Crippen LogP contribution >= 0.6 is 34.3 Å². The molecule has 6 aromatic rings. The maximum absolute atomic E-state index is 14.3. The van der Waals surface area contributed by atoms with Crippen LogP contribution in [0, 0.1) is 0 Å². The highest BCUT2D eigenvalue weighted by atomic mass is 35.5. The third-order valence-electron chi connectivity index (χ3n) is 7.56. The van der Waals surface area contributed by atoms with Gasteiger partial charge in [0, 0.05) is 44.7 Å². The first-order valence-electron chi connectivity index (χ1n) is 14.2. The number of fused-ring (bicyclic) bond motifs is 2. The predicted molar refractivity (Wildman–Crippen MR) is 178 cm³/mol. The normalized spacial score (nSPS) is 15.0. The summed E-state index contributed by atoms with van der Waals surface area (Å²) in [4.78, 5) is 34.2. The topological polar surface area (TPSA) is 65.6 Å². The molecule has 0 saturated heterocycles. The largest absolute Gasteiger partial charge is 0.463 e. The monoisotopic (exact) mass is 635 g/mol. The highest BCUT2D eigenvalue weighted by Gasteiger charge is 2.35. The number of benzene rings is 3. The van der Waals surface area contributed by atoms with Crippen LogP contribution in [0.1, 0.15) is 34.5 Å². The van der Waals surface area contributed by atoms with Gasteiger partial charge in [0.15, 0.2) is 4.80 Å². The summed E-state index contributed by atoms with van der Waals surface area (Å²) < 4.78 is 9.91. The Balaban J connectivity index is 1.43. The Morgan fingerprint density at radius 2 is 1.77 bits per heavy atom. The van der Waals surface area contributed by atoms with E-state index >= 15 is 0 Å². The zero-order valence-corrected chi connectivity index (χ0v) is 26.0. The number of ether oxygens (including phenoxy) is 1. The molecule has 9 heteroatoms. The van der Waals surface area contributed by atoms with Gasteiger partial charge >= 0.3 is 5.97 Å². The number of thiophene rings is 1. The lowest BCUT2D eigenvalue weighted by Crippen LogP contribution is -2.39. The maximum atomic E-state index is 14.3. The summed E-state index contributed by atoms with van der Waals surface area (Å²) in [6, 6.07) is 28.8. The van der Waals surface area contributed by atoms with Gasteiger partial charge in [-0.25, -0.2) is 9.79 Å². The summed E-state index contributed by atoms with van der Waals surface area (Å²) in [6.45, 7) is 2.65. The molecule has 4 heterocycles. The standard InChI is InChI=1S/C35H26ClN3O3S2/c1-2-42-34(41)30-31(23-9-4-3-5-10-23)37-35-39(32(30)28-13-8-18-43-28)33(40)29(44-35)19-24-21-38(27-12-7-6-11-26(24)27)20-22-14-16-25(36)17-15-22/h3-19,21,32H,2,20H2,1H3/b29-19+/t32-/m0/s1. The molecule has 0 N–H and O–H groups in total. The van der Waals surface area contributed by atoms with Crippen LogP contribution in [0.3, 0.4) is 0 Å². The van der Waals surface area contributed by atoms with E-state index in [1.807, 2.05) is 90.3 Å². The van der Waals surface area contributed by atoms with Crippen LogP contribution in [-0.2, 0) is 16.1 Å². The molecule has 218 valence electrons. The maximum Gasteiger partial charge on any atom is 0.338 e. The minimum atomic E-state index is -0.658. The molecule has 6 nitrogen and oxygen atoms in total. The average molecular weight is 636 g/mol. The molecule has 1 aliphatic rings. The van der Waals surface area contributed by atoms with Gasteiger partial charge in [0.05, 0.1) is 22.4 Å². The average Bonchev–Trinajstić information content (AvgIpc) is 3.77. The zero-order chi connectivity index (χ0) is 30.2. The van der Waals surface area contributed by atoms with Crippen LogP contribution in [0.4, 0.5) is 0 Å². The number of halogens is 1. The van der Waals surface area contributed by atoms with Crippen LogP contribution in [0.25, 0.3) is 22.7 Å². The number of esters is 1. The molecule has 0 saturated carbocycles. The van der Waals surface area contributed by atoms with E-state index in [0.717, 1.165) is 32.5 Å². The van der Waals surface area contributed by atoms with Crippen molar-refractivity contribution in [3.05, 3.63) is 154 Å². The first-order valence-corrected chi connectivity index (χ1v) is 16.2. The van der Waals surface area contributed by atoms with Gasteiger partial charge in [0.25, 0.3) is 5.56 Å². The van der Waals surface area contributed by atoms with Crippen molar-refractivity contribution in [3.63, 3.8) is 0 Å². The van der Waals surface area contributed by atoms with E-state index in [1.165, 1.54) is 22.7 Å². The van der Waals surface area contributed by atoms with E-state index in [0.29, 0.717) is 32.2 Å². The van der Waals surface area contributed by atoms with Crippen LogP contribution in [0.5, 0.6) is 0 Å². The van der Waals surface area contributed by atoms with E-state index < -0.39 is 12.0 Å². The van der Waals surface area contributed by atoms with E-state index in [1.54, 1.807) is 11.5 Å². The first-order chi connectivity index (χ1) is 21.5. The molecule has 44 heavy (non-hydrogen) atoms. The Bertz CT molecular complexity index is 2210. The van der Waals surface area contributed by atoms with E-state index in [-0.39, 0.29) is 12.2 Å². The number of nitrogens with zero attached hydrogens (tertiary/aromatic N) is 3. The molecule has 0 aliphatic carbocycles. The SMILES string of the molecule is CCOC(=O)C1=C(c2ccccc2)N=c2s/c(=C/c3cn(Cc4ccc(Cl)cc4)c4ccccc34)c(=O)n2[C@H]1c1cccs1. The number of hydrogen-bond donors (Lipinski definition) is 0. The molecule has 0 unspecified atom stereocenters. The van der Waals surface area contributed by atoms with Gasteiger partial charge in [-0.2, -0.15) is 0 Å². The third kappa shape index (κ3) is 5.15. The number of carbonyl (C=O) groups is 1. The van der Waals surface area contributed by atoms with Crippen molar-refractivity contribution in [3.8, 4) is 0 Å². The second-order valence-electron chi connectivity index (χ2n) is 10.3. The fourth-order valence-corrected chi connectivity index (χ4v) is 7.55. The zero-order valence-electron chi connectivity index (χ0n) is 23.6. The minimum Gasteiger partial charge on any atom is -0.463 e. The van der Waals surface area contributed by atoms with Crippen LogP contribution < -0.4 is 14.9 Å². The van der Waals surface area contributed by atoms with Gasteiger partial charge in [0.1, 0.15) is 6.04 Å². The summed E-state index contributed by atoms with van der Waals surface area (Å²) in [5, 5.41) is 3.69. The highest BCUT2D eigenvalue weighted by molar-refractivity contribution is 7.10. The molecule has 0 fully saturated rings. The van der Waals surface area contributed by atoms with Crippen LogP contribution in [-0.4, -0.2) is 21.7 Å². The lowest BCUT2D eigenvalue weighted by Gasteiger charge is -2.24. The number of rotatable bonds is 7. The number of hydrogen-bond acceptors (Lipinski definition) is 6. The lowest BCUT2D eigenvalue weighted by atomic mass is 9.97. The van der Waals surface area contributed by atoms with Crippen LogP contribution in [0.15, 0.2) is 118 Å². The second kappa shape index (κ2) is 11.9. The Kier molecular flexibility index (Phi) is 7.64. The molecule has 0 radical (unpaired) electrons. The Hall–Kier alpha value is -4.50. The van der Waals surface area contributed by atoms with Crippen molar-refractivity contribution in [1.29, 1.82) is 0 Å². The van der Waals surface area contributed by atoms with Crippen molar-refractivity contribution < 1.29 is 9.53 Å². The van der Waals surface area contributed by atoms with Crippen molar-refractivity contribution in [2.75, 3.05) is 6.61 Å². The highest BCUT2D eigenvalue weighted by Crippen LogP contribution is 2.37. The Morgan fingerprint density at radius 3 is 2.52 bits per heavy atom. The van der Waals surface area contributed by atoms with Crippen molar-refractivity contribution in [2.45, 2.75) is 19.5 Å². The van der Waals surface area contributed by atoms with Crippen LogP contribution in [0.2, 0.25) is 5.02 Å². The van der Waals surface area contributed by atoms with E-state index in [9.17, 15) is 9.59 Å². The fourth-order valence-electron chi connectivity index (χ4n) is 5.61. The summed E-state index contributed by atoms with van der Waals surface area (Å²) in [5.41, 5.74) is 4.59. The molecule has 0 amide bonds. The fraction of sp³-hybridized carbons (Fsp3) is 0.114. The third-order valence-corrected chi connectivity index (χ3v) is 9.72. The summed E-state index contributed by atoms with van der Waals surface area (Å²) in [5.74, 6) is -0.479. The smallest absolute Gasteiger partial charge is 0.338 e. The van der Waals surface area contributed by atoms with Gasteiger partial charge in [-0.3, -0.25) is 9.36 Å². The van der Waals surface area contributed by atoms with Gasteiger partial charge in [-0.05, 0) is 48.2 Å². The molecular formula is C35H26ClN3O3S2. The molecule has 3 aromatic carbocycles. The van der Waals surface area contributed by atoms with Crippen molar-refractivity contribution in [2.24, 2.45) is 4.99 Å².